The Morgan fingerprint density at radius 2 is 1.24 bits per heavy atom. The first-order valence-electron chi connectivity index (χ1n) is 10.8. The van der Waals surface area contributed by atoms with Crippen molar-refractivity contribution in [3.8, 4) is 0 Å². The topological polar surface area (TPSA) is 37.3 Å². The molecule has 0 amide bonds. The molecule has 0 spiro atoms. The van der Waals surface area contributed by atoms with Crippen molar-refractivity contribution < 1.29 is 31.9 Å². The highest BCUT2D eigenvalue weighted by Crippen LogP contribution is 2.70. The summed E-state index contributed by atoms with van der Waals surface area (Å²) in [5, 5.41) is 5.97. The molecule has 0 aromatic rings. The maximum Gasteiger partial charge on any atom is 0.363 e. The maximum absolute atomic E-state index is 14.4. The van der Waals surface area contributed by atoms with Gasteiger partial charge in [0.05, 0.1) is 5.92 Å². The Kier molecular flexibility index (Phi) is 9.85. The van der Waals surface area contributed by atoms with E-state index in [4.69, 9.17) is 11.6 Å². The van der Waals surface area contributed by atoms with Gasteiger partial charge in [0, 0.05) is 6.42 Å². The van der Waals surface area contributed by atoms with Gasteiger partial charge in [0.2, 0.25) is 0 Å². The standard InChI is InChI=1S/C21H34ClF5O2/c1-3-5-7-9-11-13-15-17(28)16(14-12-10-8-6-4-2)18(29)19(22,23)21(26,27)20(18,24)25/h16,29H,3-15H2,1-2H3. The number of unbranched alkanes of at least 4 members (excludes halogenated alkanes) is 9. The van der Waals surface area contributed by atoms with E-state index in [0.717, 1.165) is 44.9 Å². The van der Waals surface area contributed by atoms with Gasteiger partial charge in [0.1, 0.15) is 5.78 Å². The number of carbonyl (C=O) groups is 1. The van der Waals surface area contributed by atoms with Gasteiger partial charge in [-0.15, -0.1) is 0 Å². The minimum absolute atomic E-state index is 0.164. The molecule has 172 valence electrons. The van der Waals surface area contributed by atoms with Crippen LogP contribution in [0.4, 0.5) is 22.0 Å². The fraction of sp³-hybridized carbons (Fsp3) is 0.952. The van der Waals surface area contributed by atoms with Crippen LogP contribution in [0.2, 0.25) is 0 Å². The molecule has 0 bridgehead atoms. The van der Waals surface area contributed by atoms with Gasteiger partial charge in [-0.05, 0) is 12.8 Å². The van der Waals surface area contributed by atoms with Crippen molar-refractivity contribution >= 4 is 17.4 Å². The molecule has 0 saturated heterocycles. The lowest BCUT2D eigenvalue weighted by Gasteiger charge is -2.59. The first kappa shape index (κ1) is 26.6. The monoisotopic (exact) mass is 448 g/mol. The molecule has 1 saturated carbocycles. The fourth-order valence-corrected chi connectivity index (χ4v) is 4.43. The van der Waals surface area contributed by atoms with Crippen LogP contribution in [-0.4, -0.2) is 33.5 Å². The van der Waals surface area contributed by atoms with E-state index < -0.39 is 34.3 Å². The SMILES string of the molecule is CCCCCCCCC(=O)C(CCCCCCC)C1(O)C(F)(F)C(F)(F)C1(F)Cl. The number of hydrogen-bond acceptors (Lipinski definition) is 2. The summed E-state index contributed by atoms with van der Waals surface area (Å²) in [6.07, 6.45) is 7.99. The normalized spacial score (nSPS) is 28.7. The molecule has 1 N–H and O–H groups in total. The summed E-state index contributed by atoms with van der Waals surface area (Å²) in [6.45, 7) is 4.04. The molecular formula is C21H34ClF5O2. The van der Waals surface area contributed by atoms with Crippen LogP contribution in [0.3, 0.4) is 0 Å². The van der Waals surface area contributed by atoms with E-state index in [0.29, 0.717) is 19.3 Å². The molecular weight excluding hydrogens is 415 g/mol. The van der Waals surface area contributed by atoms with Crippen molar-refractivity contribution in [1.29, 1.82) is 0 Å². The molecule has 3 atom stereocenters. The molecule has 1 aliphatic carbocycles. The maximum atomic E-state index is 14.4. The predicted molar refractivity (Wildman–Crippen MR) is 104 cm³/mol. The molecule has 2 nitrogen and oxygen atoms in total. The Bertz CT molecular complexity index is 507. The van der Waals surface area contributed by atoms with Crippen LogP contribution in [0.5, 0.6) is 0 Å². The third kappa shape index (κ3) is 4.91. The number of alkyl halides is 6. The van der Waals surface area contributed by atoms with Gasteiger partial charge >= 0.3 is 11.8 Å². The summed E-state index contributed by atoms with van der Waals surface area (Å²) in [5.41, 5.74) is -3.91. The predicted octanol–water partition coefficient (Wildman–Crippen LogP) is 7.20. The number of Topliss-reactive ketones (excluding diaryl/α,β-unsaturated/α-hetero) is 1. The molecule has 0 heterocycles. The zero-order valence-electron chi connectivity index (χ0n) is 17.4. The highest BCUT2D eigenvalue weighted by Gasteiger charge is 2.98. The molecule has 1 rings (SSSR count). The van der Waals surface area contributed by atoms with Gasteiger partial charge in [-0.1, -0.05) is 89.7 Å². The third-order valence-corrected chi connectivity index (χ3v) is 6.54. The van der Waals surface area contributed by atoms with Gasteiger partial charge in [0.15, 0.2) is 5.60 Å². The lowest BCUT2D eigenvalue weighted by molar-refractivity contribution is -0.440. The zero-order valence-corrected chi connectivity index (χ0v) is 18.1. The Balaban J connectivity index is 2.87. The van der Waals surface area contributed by atoms with E-state index in [1.165, 1.54) is 0 Å². The summed E-state index contributed by atoms with van der Waals surface area (Å²) in [7, 11) is 0. The highest BCUT2D eigenvalue weighted by molar-refractivity contribution is 6.26. The van der Waals surface area contributed by atoms with Crippen LogP contribution in [-0.2, 0) is 4.79 Å². The van der Waals surface area contributed by atoms with E-state index in [1.807, 2.05) is 6.92 Å². The highest BCUT2D eigenvalue weighted by atomic mass is 35.5. The molecule has 29 heavy (non-hydrogen) atoms. The molecule has 3 unspecified atom stereocenters. The third-order valence-electron chi connectivity index (χ3n) is 6.01. The zero-order chi connectivity index (χ0) is 22.3. The minimum Gasteiger partial charge on any atom is -0.378 e. The van der Waals surface area contributed by atoms with E-state index >= 15 is 0 Å². The summed E-state index contributed by atoms with van der Waals surface area (Å²) < 4.78 is 69.9. The van der Waals surface area contributed by atoms with Crippen molar-refractivity contribution in [3.05, 3.63) is 0 Å². The number of hydrogen-bond donors (Lipinski definition) is 1. The van der Waals surface area contributed by atoms with Gasteiger partial charge in [-0.3, -0.25) is 4.79 Å². The van der Waals surface area contributed by atoms with Crippen molar-refractivity contribution in [1.82, 2.24) is 0 Å². The van der Waals surface area contributed by atoms with Crippen LogP contribution >= 0.6 is 11.6 Å². The second-order valence-electron chi connectivity index (χ2n) is 8.23. The average molecular weight is 449 g/mol. The van der Waals surface area contributed by atoms with Gasteiger partial charge < -0.3 is 5.11 Å². The van der Waals surface area contributed by atoms with E-state index in [9.17, 15) is 31.9 Å². The Morgan fingerprint density at radius 1 is 0.793 bits per heavy atom. The van der Waals surface area contributed by atoms with Crippen LogP contribution in [0.25, 0.3) is 0 Å². The van der Waals surface area contributed by atoms with E-state index in [1.54, 1.807) is 0 Å². The lowest BCUT2D eigenvalue weighted by atomic mass is 9.60. The van der Waals surface area contributed by atoms with Crippen molar-refractivity contribution in [3.63, 3.8) is 0 Å². The largest absolute Gasteiger partial charge is 0.378 e. The Labute approximate surface area is 175 Å². The molecule has 1 fully saturated rings. The van der Waals surface area contributed by atoms with Crippen molar-refractivity contribution in [2.45, 2.75) is 120 Å². The van der Waals surface area contributed by atoms with E-state index in [-0.39, 0.29) is 19.3 Å². The summed E-state index contributed by atoms with van der Waals surface area (Å²) in [4.78, 5) is 12.6. The lowest BCUT2D eigenvalue weighted by Crippen LogP contribution is -2.88. The Morgan fingerprint density at radius 3 is 1.72 bits per heavy atom. The number of halogens is 6. The van der Waals surface area contributed by atoms with Crippen molar-refractivity contribution in [2.75, 3.05) is 0 Å². The Hall–Kier alpha value is -0.430. The summed E-state index contributed by atoms with van der Waals surface area (Å²) >= 11 is 5.11. The second-order valence-corrected chi connectivity index (χ2v) is 8.75. The second kappa shape index (κ2) is 10.7. The van der Waals surface area contributed by atoms with Crippen LogP contribution in [0.1, 0.15) is 97.3 Å². The van der Waals surface area contributed by atoms with Crippen LogP contribution in [0.15, 0.2) is 0 Å². The average Bonchev–Trinajstić information content (AvgIpc) is 2.65. The molecule has 0 radical (unpaired) electrons. The summed E-state index contributed by atoms with van der Waals surface area (Å²) in [6, 6.07) is 0. The molecule has 1 aliphatic rings. The molecule has 0 aromatic heterocycles. The van der Waals surface area contributed by atoms with Gasteiger partial charge in [-0.25, -0.2) is 4.39 Å². The van der Waals surface area contributed by atoms with Gasteiger partial charge in [-0.2, -0.15) is 17.6 Å². The van der Waals surface area contributed by atoms with Crippen molar-refractivity contribution in [2.24, 2.45) is 5.92 Å². The first-order chi connectivity index (χ1) is 13.4. The first-order valence-corrected chi connectivity index (χ1v) is 11.2. The molecule has 8 heteroatoms. The fourth-order valence-electron chi connectivity index (χ4n) is 4.06. The minimum atomic E-state index is -5.24. The quantitative estimate of drug-likeness (QED) is 0.163. The number of rotatable bonds is 15. The summed E-state index contributed by atoms with van der Waals surface area (Å²) in [5.74, 6) is -13.1. The number of carbonyl (C=O) groups excluding carboxylic acids is 1. The number of aliphatic hydroxyl groups is 1. The van der Waals surface area contributed by atoms with Crippen LogP contribution < -0.4 is 0 Å². The number of ketones is 1. The molecule has 0 aliphatic heterocycles. The van der Waals surface area contributed by atoms with Crippen LogP contribution in [0, 0.1) is 5.92 Å². The molecule has 0 aromatic carbocycles. The van der Waals surface area contributed by atoms with E-state index in [2.05, 4.69) is 6.92 Å². The van der Waals surface area contributed by atoms with Gasteiger partial charge in [0.25, 0.3) is 5.13 Å². The smallest absolute Gasteiger partial charge is 0.363 e.